The van der Waals surface area contributed by atoms with Crippen LogP contribution >= 0.6 is 11.8 Å². The van der Waals surface area contributed by atoms with Crippen molar-refractivity contribution in [3.63, 3.8) is 0 Å². The van der Waals surface area contributed by atoms with Crippen molar-refractivity contribution in [2.45, 2.75) is 31.1 Å². The molecule has 2 heterocycles. The van der Waals surface area contributed by atoms with Crippen molar-refractivity contribution in [1.29, 1.82) is 0 Å². The van der Waals surface area contributed by atoms with Crippen LogP contribution in [0.15, 0.2) is 24.3 Å². The first-order valence-electron chi connectivity index (χ1n) is 6.21. The molecule has 2 atom stereocenters. The van der Waals surface area contributed by atoms with Gasteiger partial charge in [0.15, 0.2) is 0 Å². The summed E-state index contributed by atoms with van der Waals surface area (Å²) in [7, 11) is 0. The number of carbonyl (C=O) groups excluding carboxylic acids is 1. The zero-order valence-corrected chi connectivity index (χ0v) is 10.9. The maximum absolute atomic E-state index is 12.0. The van der Waals surface area contributed by atoms with Gasteiger partial charge in [0, 0.05) is 18.7 Å². The van der Waals surface area contributed by atoms with Crippen molar-refractivity contribution in [1.82, 2.24) is 4.90 Å². The number of rotatable bonds is 1. The maximum atomic E-state index is 12.0. The molecule has 0 aromatic heterocycles. The van der Waals surface area contributed by atoms with E-state index in [9.17, 15) is 4.79 Å². The number of amides is 1. The topological polar surface area (TPSA) is 20.3 Å². The van der Waals surface area contributed by atoms with Gasteiger partial charge in [-0.15, -0.1) is 11.8 Å². The van der Waals surface area contributed by atoms with Gasteiger partial charge in [-0.05, 0) is 24.8 Å². The van der Waals surface area contributed by atoms with Crippen LogP contribution in [0.5, 0.6) is 0 Å². The van der Waals surface area contributed by atoms with Crippen LogP contribution in [0.3, 0.4) is 0 Å². The summed E-state index contributed by atoms with van der Waals surface area (Å²) in [5.74, 6) is 1.88. The van der Waals surface area contributed by atoms with Crippen molar-refractivity contribution in [2.75, 3.05) is 12.3 Å². The predicted molar refractivity (Wildman–Crippen MR) is 71.1 cm³/mol. The van der Waals surface area contributed by atoms with Gasteiger partial charge in [0.2, 0.25) is 5.91 Å². The Hall–Kier alpha value is -0.960. The average Bonchev–Trinajstić information content (AvgIpc) is 2.78. The van der Waals surface area contributed by atoms with Crippen molar-refractivity contribution in [3.05, 3.63) is 35.4 Å². The van der Waals surface area contributed by atoms with Crippen LogP contribution in [0, 0.1) is 6.92 Å². The average molecular weight is 247 g/mol. The minimum absolute atomic E-state index is 0.344. The molecule has 0 aliphatic carbocycles. The van der Waals surface area contributed by atoms with E-state index in [1.54, 1.807) is 0 Å². The monoisotopic (exact) mass is 247 g/mol. The lowest BCUT2D eigenvalue weighted by molar-refractivity contribution is -0.134. The number of hydrogen-bond acceptors (Lipinski definition) is 2. The van der Waals surface area contributed by atoms with Crippen molar-refractivity contribution < 1.29 is 4.79 Å². The van der Waals surface area contributed by atoms with E-state index in [0.29, 0.717) is 23.6 Å². The second kappa shape index (κ2) is 4.37. The van der Waals surface area contributed by atoms with Gasteiger partial charge in [-0.25, -0.2) is 0 Å². The number of aryl methyl sites for hydroxylation is 1. The molecule has 3 heteroatoms. The minimum Gasteiger partial charge on any atom is -0.330 e. The van der Waals surface area contributed by atoms with Gasteiger partial charge in [-0.3, -0.25) is 4.79 Å². The molecule has 2 fully saturated rings. The molecule has 0 spiro atoms. The Morgan fingerprint density at radius 1 is 1.29 bits per heavy atom. The van der Waals surface area contributed by atoms with Crippen molar-refractivity contribution in [2.24, 2.45) is 0 Å². The number of thioether (sulfide) groups is 1. The quantitative estimate of drug-likeness (QED) is 0.760. The molecule has 0 unspecified atom stereocenters. The number of piperidine rings is 1. The van der Waals surface area contributed by atoms with E-state index in [-0.39, 0.29) is 0 Å². The molecule has 1 amide bonds. The van der Waals surface area contributed by atoms with E-state index in [1.807, 2.05) is 11.8 Å². The van der Waals surface area contributed by atoms with E-state index in [0.717, 1.165) is 18.7 Å². The first kappa shape index (κ1) is 11.1. The summed E-state index contributed by atoms with van der Waals surface area (Å²) in [6.07, 6.45) is 1.82. The fourth-order valence-corrected chi connectivity index (χ4v) is 4.09. The lowest BCUT2D eigenvalue weighted by atomic mass is 9.88. The van der Waals surface area contributed by atoms with Crippen LogP contribution < -0.4 is 0 Å². The second-order valence-electron chi connectivity index (χ2n) is 4.96. The fourth-order valence-electron chi connectivity index (χ4n) is 2.75. The highest BCUT2D eigenvalue weighted by molar-refractivity contribution is 8.00. The minimum atomic E-state index is 0.344. The molecule has 1 aromatic rings. The Morgan fingerprint density at radius 3 is 2.82 bits per heavy atom. The van der Waals surface area contributed by atoms with Crippen LogP contribution in [-0.4, -0.2) is 28.5 Å². The molecule has 0 bridgehead atoms. The first-order valence-corrected chi connectivity index (χ1v) is 7.26. The molecule has 0 N–H and O–H groups in total. The number of fused-ring (bicyclic) bond motifs is 1. The molecule has 2 aliphatic heterocycles. The van der Waals surface area contributed by atoms with E-state index in [4.69, 9.17) is 0 Å². The van der Waals surface area contributed by atoms with Gasteiger partial charge in [0.1, 0.15) is 0 Å². The summed E-state index contributed by atoms with van der Waals surface area (Å²) in [5.41, 5.74) is 2.61. The maximum Gasteiger partial charge on any atom is 0.224 e. The van der Waals surface area contributed by atoms with E-state index < -0.39 is 0 Å². The number of benzene rings is 1. The van der Waals surface area contributed by atoms with Gasteiger partial charge in [-0.2, -0.15) is 0 Å². The third kappa shape index (κ3) is 2.08. The van der Waals surface area contributed by atoms with Crippen LogP contribution in [-0.2, 0) is 4.79 Å². The molecule has 3 rings (SSSR count). The van der Waals surface area contributed by atoms with Gasteiger partial charge in [0.05, 0.1) is 5.37 Å². The molecule has 2 aliphatic rings. The summed E-state index contributed by atoms with van der Waals surface area (Å²) >= 11 is 1.94. The first-order chi connectivity index (χ1) is 8.24. The summed E-state index contributed by atoms with van der Waals surface area (Å²) < 4.78 is 0. The lowest BCUT2D eigenvalue weighted by Crippen LogP contribution is -2.40. The number of nitrogens with zero attached hydrogens (tertiary/aromatic N) is 1. The molecule has 0 saturated carbocycles. The molecule has 90 valence electrons. The Kier molecular flexibility index (Phi) is 2.87. The third-order valence-corrected chi connectivity index (χ3v) is 5.02. The van der Waals surface area contributed by atoms with E-state index in [2.05, 4.69) is 36.1 Å². The Balaban J connectivity index is 1.81. The Morgan fingerprint density at radius 2 is 2.06 bits per heavy atom. The second-order valence-corrected chi connectivity index (χ2v) is 6.25. The lowest BCUT2D eigenvalue weighted by Gasteiger charge is -2.34. The smallest absolute Gasteiger partial charge is 0.224 e. The highest BCUT2D eigenvalue weighted by atomic mass is 32.2. The third-order valence-electron chi connectivity index (χ3n) is 3.77. The summed E-state index contributed by atoms with van der Waals surface area (Å²) in [6, 6.07) is 8.66. The zero-order chi connectivity index (χ0) is 11.8. The summed E-state index contributed by atoms with van der Waals surface area (Å²) in [5, 5.41) is 0.433. The number of hydrogen-bond donors (Lipinski definition) is 0. The molecule has 0 radical (unpaired) electrons. The van der Waals surface area contributed by atoms with E-state index in [1.165, 1.54) is 11.1 Å². The van der Waals surface area contributed by atoms with Crippen LogP contribution in [0.2, 0.25) is 0 Å². The normalized spacial score (nSPS) is 28.3. The van der Waals surface area contributed by atoms with Gasteiger partial charge >= 0.3 is 0 Å². The molecule has 17 heavy (non-hydrogen) atoms. The van der Waals surface area contributed by atoms with Gasteiger partial charge < -0.3 is 4.90 Å². The fraction of sp³-hybridized carbons (Fsp3) is 0.500. The van der Waals surface area contributed by atoms with E-state index >= 15 is 0 Å². The summed E-state index contributed by atoms with van der Waals surface area (Å²) in [4.78, 5) is 14.1. The predicted octanol–water partition coefficient (Wildman–Crippen LogP) is 2.77. The van der Waals surface area contributed by atoms with Crippen molar-refractivity contribution in [3.8, 4) is 0 Å². The molecule has 2 saturated heterocycles. The zero-order valence-electron chi connectivity index (χ0n) is 10.1. The van der Waals surface area contributed by atoms with Gasteiger partial charge in [0.25, 0.3) is 0 Å². The number of carbonyl (C=O) groups is 1. The summed E-state index contributed by atoms with van der Waals surface area (Å²) in [6.45, 7) is 3.05. The molecular formula is C14H17NOS. The largest absolute Gasteiger partial charge is 0.330 e. The Bertz CT molecular complexity index is 428. The standard InChI is InChI=1S/C14H17NOS/c1-10-2-4-11(5-3-10)12-8-13(16)15-6-7-17-14(15)9-12/h2-5,12,14H,6-9H2,1H3/t12-,14+/m0/s1. The highest BCUT2D eigenvalue weighted by Gasteiger charge is 2.37. The molecule has 1 aromatic carbocycles. The van der Waals surface area contributed by atoms with Crippen molar-refractivity contribution >= 4 is 17.7 Å². The molecular weight excluding hydrogens is 230 g/mol. The van der Waals surface area contributed by atoms with Crippen LogP contribution in [0.1, 0.15) is 29.9 Å². The van der Waals surface area contributed by atoms with Crippen LogP contribution in [0.25, 0.3) is 0 Å². The molecule has 2 nitrogen and oxygen atoms in total. The van der Waals surface area contributed by atoms with Crippen LogP contribution in [0.4, 0.5) is 0 Å². The van der Waals surface area contributed by atoms with Gasteiger partial charge in [-0.1, -0.05) is 29.8 Å². The highest BCUT2D eigenvalue weighted by Crippen LogP contribution is 2.39. The SMILES string of the molecule is Cc1ccc([C@H]2CC(=O)N3CCS[C@@H]3C2)cc1. The Labute approximate surface area is 106 Å².